The molecule has 0 radical (unpaired) electrons. The Labute approximate surface area is 102 Å². The highest BCUT2D eigenvalue weighted by molar-refractivity contribution is 7.89. The van der Waals surface area contributed by atoms with Crippen molar-refractivity contribution in [1.29, 1.82) is 0 Å². The number of sulfonamides is 1. The van der Waals surface area contributed by atoms with Gasteiger partial charge in [0.2, 0.25) is 10.0 Å². The molecular formula is C10H12F3NO3S. The predicted molar refractivity (Wildman–Crippen MR) is 59.2 cm³/mol. The largest absolute Gasteiger partial charge is 0.416 e. The third kappa shape index (κ3) is 4.63. The zero-order chi connectivity index (χ0) is 13.8. The van der Waals surface area contributed by atoms with Gasteiger partial charge in [-0.3, -0.25) is 0 Å². The van der Waals surface area contributed by atoms with Crippen LogP contribution in [-0.4, -0.2) is 25.9 Å². The van der Waals surface area contributed by atoms with Gasteiger partial charge in [-0.15, -0.1) is 0 Å². The zero-order valence-corrected chi connectivity index (χ0v) is 10.1. The summed E-state index contributed by atoms with van der Waals surface area (Å²) in [7, 11) is -3.59. The van der Waals surface area contributed by atoms with Gasteiger partial charge in [-0.2, -0.15) is 13.2 Å². The summed E-state index contributed by atoms with van der Waals surface area (Å²) in [5, 5.41) is 8.48. The molecule has 0 aromatic heterocycles. The van der Waals surface area contributed by atoms with Gasteiger partial charge < -0.3 is 5.11 Å². The SMILES string of the molecule is O=S(=O)(CCO)NCc1ccc(C(F)(F)F)cc1. The Bertz CT molecular complexity index is 482. The van der Waals surface area contributed by atoms with E-state index in [0.29, 0.717) is 5.56 Å². The van der Waals surface area contributed by atoms with Crippen LogP contribution in [0.25, 0.3) is 0 Å². The van der Waals surface area contributed by atoms with Crippen LogP contribution in [0.5, 0.6) is 0 Å². The summed E-state index contributed by atoms with van der Waals surface area (Å²) in [4.78, 5) is 0. The molecule has 0 aliphatic carbocycles. The molecule has 4 nitrogen and oxygen atoms in total. The number of hydrogen-bond acceptors (Lipinski definition) is 3. The van der Waals surface area contributed by atoms with Crippen LogP contribution < -0.4 is 4.72 Å². The van der Waals surface area contributed by atoms with E-state index in [1.165, 1.54) is 12.1 Å². The summed E-state index contributed by atoms with van der Waals surface area (Å²) in [5.41, 5.74) is -0.381. The Balaban J connectivity index is 2.65. The topological polar surface area (TPSA) is 66.4 Å². The lowest BCUT2D eigenvalue weighted by Gasteiger charge is -2.08. The van der Waals surface area contributed by atoms with Crippen molar-refractivity contribution in [2.45, 2.75) is 12.7 Å². The number of alkyl halides is 3. The smallest absolute Gasteiger partial charge is 0.395 e. The van der Waals surface area contributed by atoms with Crippen molar-refractivity contribution < 1.29 is 26.7 Å². The fourth-order valence-electron chi connectivity index (χ4n) is 1.20. The lowest BCUT2D eigenvalue weighted by molar-refractivity contribution is -0.137. The quantitative estimate of drug-likeness (QED) is 0.851. The van der Waals surface area contributed by atoms with E-state index in [1.807, 2.05) is 0 Å². The third-order valence-electron chi connectivity index (χ3n) is 2.14. The first-order valence-corrected chi connectivity index (χ1v) is 6.64. The first kappa shape index (κ1) is 14.9. The minimum atomic E-state index is -4.41. The van der Waals surface area contributed by atoms with Gasteiger partial charge in [0.25, 0.3) is 0 Å². The molecule has 1 aromatic carbocycles. The second kappa shape index (κ2) is 5.68. The summed E-state index contributed by atoms with van der Waals surface area (Å²) < 4.78 is 61.3. The van der Waals surface area contributed by atoms with E-state index in [9.17, 15) is 21.6 Å². The molecule has 0 saturated heterocycles. The van der Waals surface area contributed by atoms with Crippen molar-refractivity contribution in [3.05, 3.63) is 35.4 Å². The number of halogens is 3. The Morgan fingerprint density at radius 2 is 1.72 bits per heavy atom. The van der Waals surface area contributed by atoms with Gasteiger partial charge >= 0.3 is 6.18 Å². The molecule has 0 bridgehead atoms. The van der Waals surface area contributed by atoms with Gasteiger partial charge in [-0.05, 0) is 17.7 Å². The molecule has 0 fully saturated rings. The van der Waals surface area contributed by atoms with Crippen LogP contribution in [0, 0.1) is 0 Å². The maximum absolute atomic E-state index is 12.3. The molecule has 0 aliphatic heterocycles. The molecule has 1 aromatic rings. The minimum Gasteiger partial charge on any atom is -0.395 e. The summed E-state index contributed by atoms with van der Waals surface area (Å²) in [6.45, 7) is -0.622. The lowest BCUT2D eigenvalue weighted by Crippen LogP contribution is -2.27. The summed E-state index contributed by atoms with van der Waals surface area (Å²) in [5.74, 6) is -0.437. The summed E-state index contributed by atoms with van der Waals surface area (Å²) in [6.07, 6.45) is -4.41. The number of aliphatic hydroxyl groups is 1. The second-order valence-electron chi connectivity index (χ2n) is 3.56. The van der Waals surface area contributed by atoms with E-state index >= 15 is 0 Å². The Morgan fingerprint density at radius 1 is 1.17 bits per heavy atom. The minimum absolute atomic E-state index is 0.111. The fraction of sp³-hybridized carbons (Fsp3) is 0.400. The maximum Gasteiger partial charge on any atom is 0.416 e. The Hall–Kier alpha value is -1.12. The number of hydrogen-bond donors (Lipinski definition) is 2. The van der Waals surface area contributed by atoms with Crippen LogP contribution in [0.1, 0.15) is 11.1 Å². The monoisotopic (exact) mass is 283 g/mol. The Kier molecular flexibility index (Phi) is 4.71. The van der Waals surface area contributed by atoms with Crippen molar-refractivity contribution in [2.75, 3.05) is 12.4 Å². The summed E-state index contributed by atoms with van der Waals surface area (Å²) in [6, 6.07) is 4.17. The fourth-order valence-corrected chi connectivity index (χ4v) is 1.97. The molecule has 0 saturated carbocycles. The van der Waals surface area contributed by atoms with E-state index in [2.05, 4.69) is 4.72 Å². The van der Waals surface area contributed by atoms with Crippen LogP contribution in [-0.2, 0) is 22.7 Å². The first-order valence-electron chi connectivity index (χ1n) is 4.99. The third-order valence-corrected chi connectivity index (χ3v) is 3.44. The standard InChI is InChI=1S/C10H12F3NO3S/c11-10(12,13)9-3-1-8(2-4-9)7-14-18(16,17)6-5-15/h1-4,14-15H,5-7H2. The first-order chi connectivity index (χ1) is 8.24. The average molecular weight is 283 g/mol. The van der Waals surface area contributed by atoms with E-state index in [1.54, 1.807) is 0 Å². The highest BCUT2D eigenvalue weighted by Crippen LogP contribution is 2.28. The molecule has 0 atom stereocenters. The normalized spacial score (nSPS) is 12.7. The molecule has 0 spiro atoms. The van der Waals surface area contributed by atoms with Gasteiger partial charge in [-0.25, -0.2) is 13.1 Å². The average Bonchev–Trinajstić information content (AvgIpc) is 2.26. The molecule has 18 heavy (non-hydrogen) atoms. The van der Waals surface area contributed by atoms with Crippen LogP contribution in [0.15, 0.2) is 24.3 Å². The van der Waals surface area contributed by atoms with E-state index in [4.69, 9.17) is 5.11 Å². The molecule has 0 aliphatic rings. The van der Waals surface area contributed by atoms with Crippen LogP contribution in [0.3, 0.4) is 0 Å². The van der Waals surface area contributed by atoms with E-state index in [-0.39, 0.29) is 6.54 Å². The number of rotatable bonds is 5. The van der Waals surface area contributed by atoms with E-state index in [0.717, 1.165) is 12.1 Å². The highest BCUT2D eigenvalue weighted by Gasteiger charge is 2.29. The number of aliphatic hydroxyl groups excluding tert-OH is 1. The van der Waals surface area contributed by atoms with Gasteiger partial charge in [0.05, 0.1) is 17.9 Å². The van der Waals surface area contributed by atoms with Crippen LogP contribution in [0.2, 0.25) is 0 Å². The van der Waals surface area contributed by atoms with Crippen LogP contribution >= 0.6 is 0 Å². The van der Waals surface area contributed by atoms with Gasteiger partial charge in [0.1, 0.15) is 0 Å². The van der Waals surface area contributed by atoms with Crippen LogP contribution in [0.4, 0.5) is 13.2 Å². The molecule has 1 rings (SSSR count). The van der Waals surface area contributed by atoms with Crippen molar-refractivity contribution >= 4 is 10.0 Å². The van der Waals surface area contributed by atoms with E-state index < -0.39 is 34.1 Å². The van der Waals surface area contributed by atoms with Crippen molar-refractivity contribution in [3.8, 4) is 0 Å². The lowest BCUT2D eigenvalue weighted by atomic mass is 10.1. The van der Waals surface area contributed by atoms with Gasteiger partial charge in [0, 0.05) is 6.54 Å². The molecule has 0 heterocycles. The Morgan fingerprint density at radius 3 is 2.17 bits per heavy atom. The molecule has 0 unspecified atom stereocenters. The zero-order valence-electron chi connectivity index (χ0n) is 9.24. The van der Waals surface area contributed by atoms with Crippen molar-refractivity contribution in [2.24, 2.45) is 0 Å². The second-order valence-corrected chi connectivity index (χ2v) is 5.48. The molecular weight excluding hydrogens is 271 g/mol. The predicted octanol–water partition coefficient (Wildman–Crippen LogP) is 1.12. The highest BCUT2D eigenvalue weighted by atomic mass is 32.2. The number of benzene rings is 1. The summed E-state index contributed by atoms with van der Waals surface area (Å²) >= 11 is 0. The van der Waals surface area contributed by atoms with Crippen molar-refractivity contribution in [3.63, 3.8) is 0 Å². The van der Waals surface area contributed by atoms with Gasteiger partial charge in [0.15, 0.2) is 0 Å². The molecule has 8 heteroatoms. The maximum atomic E-state index is 12.3. The molecule has 0 amide bonds. The molecule has 102 valence electrons. The van der Waals surface area contributed by atoms with Gasteiger partial charge in [-0.1, -0.05) is 12.1 Å². The number of nitrogens with one attached hydrogen (secondary N) is 1. The molecule has 2 N–H and O–H groups in total. The van der Waals surface area contributed by atoms with Crippen molar-refractivity contribution in [1.82, 2.24) is 4.72 Å².